The number of nitrogens with zero attached hydrogens (tertiary/aromatic N) is 1. The van der Waals surface area contributed by atoms with E-state index in [2.05, 4.69) is 5.32 Å². The highest BCUT2D eigenvalue weighted by Crippen LogP contribution is 2.20. The van der Waals surface area contributed by atoms with Crippen LogP contribution < -0.4 is 5.32 Å². The molecule has 92 valence electrons. The van der Waals surface area contributed by atoms with E-state index in [1.54, 1.807) is 6.92 Å². The lowest BCUT2D eigenvalue weighted by Crippen LogP contribution is -2.51. The first-order valence-electron chi connectivity index (χ1n) is 5.32. The number of carbonyl (C=O) groups excluding carboxylic acids is 1. The summed E-state index contributed by atoms with van der Waals surface area (Å²) in [6.45, 7) is 4.05. The van der Waals surface area contributed by atoms with Crippen molar-refractivity contribution < 1.29 is 19.8 Å². The lowest BCUT2D eigenvalue weighted by atomic mass is 9.94. The van der Waals surface area contributed by atoms with Crippen LogP contribution in [-0.2, 0) is 4.79 Å². The normalized spacial score (nSPS) is 21.3. The largest absolute Gasteiger partial charge is 0.480 e. The molecule has 1 rings (SSSR count). The van der Waals surface area contributed by atoms with Gasteiger partial charge >= 0.3 is 12.0 Å². The van der Waals surface area contributed by atoms with Crippen molar-refractivity contribution in [3.63, 3.8) is 0 Å². The molecule has 1 atom stereocenters. The van der Waals surface area contributed by atoms with Crippen molar-refractivity contribution in [1.82, 2.24) is 10.2 Å². The van der Waals surface area contributed by atoms with E-state index in [9.17, 15) is 14.7 Å². The van der Waals surface area contributed by atoms with Crippen LogP contribution in [0, 0.1) is 0 Å². The van der Waals surface area contributed by atoms with Gasteiger partial charge in [0.25, 0.3) is 0 Å². The van der Waals surface area contributed by atoms with Crippen LogP contribution in [0.25, 0.3) is 0 Å². The standard InChI is InChI=1S/C10H18N2O4/c1-7(8(13)14)11-9(15)12-5-3-10(2,16)4-6-12/h7,16H,3-6H2,1-2H3,(H,11,15)(H,13,14)/t7-/m0/s1. The number of amides is 2. The number of carboxylic acid groups (broad SMARTS) is 1. The van der Waals surface area contributed by atoms with E-state index in [0.29, 0.717) is 25.9 Å². The summed E-state index contributed by atoms with van der Waals surface area (Å²) in [4.78, 5) is 23.7. The van der Waals surface area contributed by atoms with Gasteiger partial charge in [-0.25, -0.2) is 4.79 Å². The number of aliphatic carboxylic acids is 1. The SMILES string of the molecule is C[C@H](NC(=O)N1CCC(C)(O)CC1)C(=O)O. The smallest absolute Gasteiger partial charge is 0.325 e. The maximum Gasteiger partial charge on any atom is 0.325 e. The van der Waals surface area contributed by atoms with Gasteiger partial charge in [-0.15, -0.1) is 0 Å². The Hall–Kier alpha value is -1.30. The molecular formula is C10H18N2O4. The van der Waals surface area contributed by atoms with Gasteiger partial charge in [0.05, 0.1) is 5.60 Å². The lowest BCUT2D eigenvalue weighted by molar-refractivity contribution is -0.138. The van der Waals surface area contributed by atoms with Gasteiger partial charge in [0.15, 0.2) is 0 Å². The zero-order chi connectivity index (χ0) is 12.3. The van der Waals surface area contributed by atoms with Crippen LogP contribution in [0.15, 0.2) is 0 Å². The molecule has 0 radical (unpaired) electrons. The van der Waals surface area contributed by atoms with Gasteiger partial charge in [-0.2, -0.15) is 0 Å². The molecule has 0 aromatic heterocycles. The van der Waals surface area contributed by atoms with Crippen LogP contribution in [0.3, 0.4) is 0 Å². The Morgan fingerprint density at radius 3 is 2.31 bits per heavy atom. The van der Waals surface area contributed by atoms with Crippen LogP contribution in [0.2, 0.25) is 0 Å². The predicted octanol–water partition coefficient (Wildman–Crippen LogP) is 0.0159. The van der Waals surface area contributed by atoms with E-state index in [1.165, 1.54) is 11.8 Å². The third-order valence-electron chi connectivity index (χ3n) is 2.84. The van der Waals surface area contributed by atoms with Crippen LogP contribution in [0.4, 0.5) is 4.79 Å². The Balaban J connectivity index is 2.42. The van der Waals surface area contributed by atoms with Gasteiger partial charge in [0.2, 0.25) is 0 Å². The fourth-order valence-corrected chi connectivity index (χ4v) is 1.53. The van der Waals surface area contributed by atoms with Gasteiger partial charge in [-0.3, -0.25) is 4.79 Å². The van der Waals surface area contributed by atoms with Crippen molar-refractivity contribution in [2.24, 2.45) is 0 Å². The molecule has 0 unspecified atom stereocenters. The molecule has 6 heteroatoms. The topological polar surface area (TPSA) is 89.9 Å². The molecule has 0 aromatic rings. The molecule has 6 nitrogen and oxygen atoms in total. The number of rotatable bonds is 2. The minimum Gasteiger partial charge on any atom is -0.480 e. The van der Waals surface area contributed by atoms with Gasteiger partial charge in [0.1, 0.15) is 6.04 Å². The molecule has 1 heterocycles. The summed E-state index contributed by atoms with van der Waals surface area (Å²) < 4.78 is 0. The number of aliphatic hydroxyl groups is 1. The van der Waals surface area contributed by atoms with Gasteiger partial charge in [-0.1, -0.05) is 0 Å². The summed E-state index contributed by atoms with van der Waals surface area (Å²) in [5.41, 5.74) is -0.713. The summed E-state index contributed by atoms with van der Waals surface area (Å²) >= 11 is 0. The Morgan fingerprint density at radius 1 is 1.38 bits per heavy atom. The number of hydrogen-bond donors (Lipinski definition) is 3. The number of piperidine rings is 1. The molecule has 2 amide bonds. The first-order valence-corrected chi connectivity index (χ1v) is 5.32. The maximum atomic E-state index is 11.6. The molecule has 16 heavy (non-hydrogen) atoms. The van der Waals surface area contributed by atoms with E-state index in [-0.39, 0.29) is 6.03 Å². The molecule has 1 aliphatic heterocycles. The highest BCUT2D eigenvalue weighted by molar-refractivity contribution is 5.82. The van der Waals surface area contributed by atoms with Crippen LogP contribution in [0.1, 0.15) is 26.7 Å². The average molecular weight is 230 g/mol. The maximum absolute atomic E-state index is 11.6. The fourth-order valence-electron chi connectivity index (χ4n) is 1.53. The summed E-state index contributed by atoms with van der Waals surface area (Å²) in [7, 11) is 0. The Bertz CT molecular complexity index is 281. The molecule has 3 N–H and O–H groups in total. The minimum absolute atomic E-state index is 0.384. The third-order valence-corrected chi connectivity index (χ3v) is 2.84. The van der Waals surface area contributed by atoms with Crippen LogP contribution in [0.5, 0.6) is 0 Å². The minimum atomic E-state index is -1.06. The van der Waals surface area contributed by atoms with Gasteiger partial charge < -0.3 is 20.4 Å². The van der Waals surface area contributed by atoms with E-state index in [4.69, 9.17) is 5.11 Å². The van der Waals surface area contributed by atoms with Crippen molar-refractivity contribution in [1.29, 1.82) is 0 Å². The molecule has 0 spiro atoms. The molecule has 0 aliphatic carbocycles. The quantitative estimate of drug-likeness (QED) is 0.623. The molecular weight excluding hydrogens is 212 g/mol. The third kappa shape index (κ3) is 3.37. The number of nitrogens with one attached hydrogen (secondary N) is 1. The van der Waals surface area contributed by atoms with Crippen molar-refractivity contribution in [3.8, 4) is 0 Å². The molecule has 1 aliphatic rings. The zero-order valence-electron chi connectivity index (χ0n) is 9.56. The molecule has 0 aromatic carbocycles. The van der Waals surface area contributed by atoms with Crippen molar-refractivity contribution >= 4 is 12.0 Å². The van der Waals surface area contributed by atoms with Gasteiger partial charge in [0, 0.05) is 13.1 Å². The molecule has 0 saturated carbocycles. The van der Waals surface area contributed by atoms with E-state index < -0.39 is 17.6 Å². The Morgan fingerprint density at radius 2 is 1.88 bits per heavy atom. The second-order valence-electron chi connectivity index (χ2n) is 4.49. The molecule has 1 saturated heterocycles. The lowest BCUT2D eigenvalue weighted by Gasteiger charge is -2.35. The first-order chi connectivity index (χ1) is 7.32. The van der Waals surface area contributed by atoms with Crippen molar-refractivity contribution in [2.45, 2.75) is 38.3 Å². The zero-order valence-corrected chi connectivity index (χ0v) is 9.56. The number of carbonyl (C=O) groups is 2. The highest BCUT2D eigenvalue weighted by Gasteiger charge is 2.30. The molecule has 0 bridgehead atoms. The van der Waals surface area contributed by atoms with Gasteiger partial charge in [-0.05, 0) is 26.7 Å². The highest BCUT2D eigenvalue weighted by atomic mass is 16.4. The van der Waals surface area contributed by atoms with Crippen LogP contribution >= 0.6 is 0 Å². The summed E-state index contributed by atoms with van der Waals surface area (Å²) in [6, 6.07) is -1.28. The second kappa shape index (κ2) is 4.69. The van der Waals surface area contributed by atoms with E-state index in [1.807, 2.05) is 0 Å². The van der Waals surface area contributed by atoms with E-state index >= 15 is 0 Å². The van der Waals surface area contributed by atoms with Crippen molar-refractivity contribution in [2.75, 3.05) is 13.1 Å². The second-order valence-corrected chi connectivity index (χ2v) is 4.49. The number of urea groups is 1. The fraction of sp³-hybridized carbons (Fsp3) is 0.800. The van der Waals surface area contributed by atoms with Crippen molar-refractivity contribution in [3.05, 3.63) is 0 Å². The van der Waals surface area contributed by atoms with E-state index in [0.717, 1.165) is 0 Å². The Labute approximate surface area is 94.2 Å². The molecule has 1 fully saturated rings. The summed E-state index contributed by atoms with van der Waals surface area (Å²) in [5, 5.41) is 20.7. The average Bonchev–Trinajstić information content (AvgIpc) is 2.17. The predicted molar refractivity (Wildman–Crippen MR) is 57.1 cm³/mol. The Kier molecular flexibility index (Phi) is 3.74. The monoisotopic (exact) mass is 230 g/mol. The number of hydrogen-bond acceptors (Lipinski definition) is 3. The number of likely N-dealkylation sites (tertiary alicyclic amines) is 1. The summed E-state index contributed by atoms with van der Waals surface area (Å²) in [5.74, 6) is -1.06. The first kappa shape index (κ1) is 12.8. The number of carboxylic acids is 1. The van der Waals surface area contributed by atoms with Crippen LogP contribution in [-0.4, -0.2) is 51.8 Å². The summed E-state index contributed by atoms with van der Waals surface area (Å²) in [6.07, 6.45) is 1.03.